The van der Waals surface area contributed by atoms with E-state index in [0.717, 1.165) is 11.3 Å². The molecule has 0 saturated heterocycles. The first-order valence-corrected chi connectivity index (χ1v) is 4.96. The van der Waals surface area contributed by atoms with Gasteiger partial charge in [-0.2, -0.15) is 18.4 Å². The monoisotopic (exact) mass is 234 g/mol. The van der Waals surface area contributed by atoms with Gasteiger partial charge in [0.1, 0.15) is 10.9 Å². The summed E-state index contributed by atoms with van der Waals surface area (Å²) >= 11 is 0.801. The standard InChI is InChI=1S/C9H9F3N2S/c1-8(2,3)7-14-6(9(10,11)12)5(4-13)15-7/h1-3H3. The van der Waals surface area contributed by atoms with E-state index in [1.165, 1.54) is 6.07 Å². The molecule has 15 heavy (non-hydrogen) atoms. The molecular formula is C9H9F3N2S. The summed E-state index contributed by atoms with van der Waals surface area (Å²) in [5, 5.41) is 8.91. The van der Waals surface area contributed by atoms with Gasteiger partial charge in [-0.1, -0.05) is 20.8 Å². The Labute approximate surface area is 89.4 Å². The Bertz CT molecular complexity index is 406. The van der Waals surface area contributed by atoms with Gasteiger partial charge < -0.3 is 0 Å². The third-order valence-corrected chi connectivity index (χ3v) is 3.02. The minimum absolute atomic E-state index is 0.325. The Morgan fingerprint density at radius 3 is 2.07 bits per heavy atom. The molecule has 0 amide bonds. The van der Waals surface area contributed by atoms with Crippen molar-refractivity contribution in [1.82, 2.24) is 4.98 Å². The molecule has 1 rings (SSSR count). The molecule has 1 aromatic heterocycles. The van der Waals surface area contributed by atoms with E-state index < -0.39 is 17.3 Å². The van der Waals surface area contributed by atoms with Crippen LogP contribution in [0.1, 0.15) is 36.3 Å². The number of halogens is 3. The lowest BCUT2D eigenvalue weighted by atomic mass is 9.98. The Balaban J connectivity index is 3.32. The molecule has 0 spiro atoms. The Morgan fingerprint density at radius 1 is 1.27 bits per heavy atom. The predicted octanol–water partition coefficient (Wildman–Crippen LogP) is 3.33. The van der Waals surface area contributed by atoms with Crippen LogP contribution >= 0.6 is 11.3 Å². The van der Waals surface area contributed by atoms with Crippen molar-refractivity contribution in [3.63, 3.8) is 0 Å². The second-order valence-electron chi connectivity index (χ2n) is 4.06. The maximum Gasteiger partial charge on any atom is 0.435 e. The van der Waals surface area contributed by atoms with Gasteiger partial charge in [0.05, 0.1) is 5.01 Å². The van der Waals surface area contributed by atoms with Crippen molar-refractivity contribution in [2.24, 2.45) is 0 Å². The van der Waals surface area contributed by atoms with Crippen LogP contribution in [-0.2, 0) is 11.6 Å². The molecule has 0 saturated carbocycles. The van der Waals surface area contributed by atoms with Crippen molar-refractivity contribution in [2.75, 3.05) is 0 Å². The number of alkyl halides is 3. The highest BCUT2D eigenvalue weighted by atomic mass is 32.1. The van der Waals surface area contributed by atoms with Crippen LogP contribution in [-0.4, -0.2) is 4.98 Å². The summed E-state index contributed by atoms with van der Waals surface area (Å²) in [7, 11) is 0. The van der Waals surface area contributed by atoms with E-state index >= 15 is 0 Å². The lowest BCUT2D eigenvalue weighted by Crippen LogP contribution is -2.13. The third kappa shape index (κ3) is 2.48. The topological polar surface area (TPSA) is 36.7 Å². The summed E-state index contributed by atoms with van der Waals surface area (Å²) in [5.74, 6) is 0. The van der Waals surface area contributed by atoms with E-state index in [2.05, 4.69) is 4.98 Å². The van der Waals surface area contributed by atoms with Gasteiger partial charge in [0, 0.05) is 5.41 Å². The van der Waals surface area contributed by atoms with Crippen molar-refractivity contribution in [1.29, 1.82) is 5.26 Å². The molecule has 82 valence electrons. The summed E-state index contributed by atoms with van der Waals surface area (Å²) in [4.78, 5) is 3.13. The normalized spacial score (nSPS) is 12.6. The van der Waals surface area contributed by atoms with Gasteiger partial charge in [-0.05, 0) is 0 Å². The molecule has 0 aliphatic rings. The number of rotatable bonds is 0. The average molecular weight is 234 g/mol. The van der Waals surface area contributed by atoms with Crippen LogP contribution in [0.4, 0.5) is 13.2 Å². The zero-order valence-corrected chi connectivity index (χ0v) is 9.25. The third-order valence-electron chi connectivity index (χ3n) is 1.64. The fourth-order valence-electron chi connectivity index (χ4n) is 0.909. The molecule has 0 N–H and O–H groups in total. The second kappa shape index (κ2) is 3.49. The molecule has 0 bridgehead atoms. The van der Waals surface area contributed by atoms with E-state index in [4.69, 9.17) is 5.26 Å². The minimum Gasteiger partial charge on any atom is -0.235 e. The van der Waals surface area contributed by atoms with Crippen LogP contribution in [0.25, 0.3) is 0 Å². The molecule has 0 aliphatic heterocycles. The molecule has 1 heterocycles. The van der Waals surface area contributed by atoms with E-state index in [1.54, 1.807) is 20.8 Å². The molecule has 1 aromatic rings. The number of thiazole rings is 1. The molecule has 6 heteroatoms. The molecule has 0 aliphatic carbocycles. The molecule has 0 atom stereocenters. The van der Waals surface area contributed by atoms with Crippen molar-refractivity contribution in [2.45, 2.75) is 32.4 Å². The number of hydrogen-bond donors (Lipinski definition) is 0. The van der Waals surface area contributed by atoms with E-state index in [9.17, 15) is 13.2 Å². The van der Waals surface area contributed by atoms with Crippen molar-refractivity contribution >= 4 is 11.3 Å². The zero-order chi connectivity index (χ0) is 11.9. The summed E-state index contributed by atoms with van der Waals surface area (Å²) < 4.78 is 37.3. The molecule has 2 nitrogen and oxygen atoms in total. The number of nitriles is 1. The second-order valence-corrected chi connectivity index (χ2v) is 5.06. The lowest BCUT2D eigenvalue weighted by Gasteiger charge is -2.13. The van der Waals surface area contributed by atoms with Crippen molar-refractivity contribution in [3.05, 3.63) is 15.6 Å². The predicted molar refractivity (Wildman–Crippen MR) is 50.5 cm³/mol. The van der Waals surface area contributed by atoms with E-state index in [-0.39, 0.29) is 4.88 Å². The van der Waals surface area contributed by atoms with Gasteiger partial charge in [0.2, 0.25) is 0 Å². The highest BCUT2D eigenvalue weighted by Crippen LogP contribution is 2.37. The first kappa shape index (κ1) is 12.0. The first-order valence-electron chi connectivity index (χ1n) is 4.15. The van der Waals surface area contributed by atoms with Gasteiger partial charge in [-0.3, -0.25) is 0 Å². The SMILES string of the molecule is CC(C)(C)c1nc(C(F)(F)F)c(C#N)s1. The number of nitrogens with zero attached hydrogens (tertiary/aromatic N) is 2. The van der Waals surface area contributed by atoms with Gasteiger partial charge >= 0.3 is 6.18 Å². The van der Waals surface area contributed by atoms with Gasteiger partial charge in [0.15, 0.2) is 5.69 Å². The van der Waals surface area contributed by atoms with E-state index in [1.807, 2.05) is 0 Å². The summed E-state index contributed by atoms with van der Waals surface area (Å²) in [6.07, 6.45) is -4.55. The van der Waals surface area contributed by atoms with Crippen LogP contribution in [0.15, 0.2) is 0 Å². The summed E-state index contributed by atoms with van der Waals surface area (Å²) in [5.41, 5.74) is -1.54. The quantitative estimate of drug-likeness (QED) is 0.690. The highest BCUT2D eigenvalue weighted by Gasteiger charge is 2.39. The Kier molecular flexibility index (Phi) is 2.79. The summed E-state index contributed by atoms with van der Waals surface area (Å²) in [6, 6.07) is 1.53. The van der Waals surface area contributed by atoms with Crippen LogP contribution in [0.3, 0.4) is 0 Å². The largest absolute Gasteiger partial charge is 0.435 e. The number of aromatic nitrogens is 1. The molecule has 0 aromatic carbocycles. The fraction of sp³-hybridized carbons (Fsp3) is 0.556. The first-order chi connectivity index (χ1) is 6.66. The number of hydrogen-bond acceptors (Lipinski definition) is 3. The van der Waals surface area contributed by atoms with Crippen LogP contribution in [0.5, 0.6) is 0 Å². The van der Waals surface area contributed by atoms with Crippen LogP contribution in [0.2, 0.25) is 0 Å². The zero-order valence-electron chi connectivity index (χ0n) is 8.44. The molecule has 0 fully saturated rings. The molecular weight excluding hydrogens is 225 g/mol. The highest BCUT2D eigenvalue weighted by molar-refractivity contribution is 7.12. The van der Waals surface area contributed by atoms with Gasteiger partial charge in [-0.15, -0.1) is 11.3 Å². The smallest absolute Gasteiger partial charge is 0.235 e. The summed E-state index contributed by atoms with van der Waals surface area (Å²) in [6.45, 7) is 5.27. The molecule has 0 unspecified atom stereocenters. The fourth-order valence-corrected chi connectivity index (χ4v) is 1.85. The van der Waals surface area contributed by atoms with E-state index in [0.29, 0.717) is 5.01 Å². The lowest BCUT2D eigenvalue weighted by molar-refractivity contribution is -0.141. The maximum absolute atomic E-state index is 12.4. The average Bonchev–Trinajstić information content (AvgIpc) is 2.44. The Morgan fingerprint density at radius 2 is 1.80 bits per heavy atom. The maximum atomic E-state index is 12.4. The van der Waals surface area contributed by atoms with Crippen LogP contribution < -0.4 is 0 Å². The minimum atomic E-state index is -4.55. The van der Waals surface area contributed by atoms with Crippen LogP contribution in [0, 0.1) is 11.3 Å². The molecule has 0 radical (unpaired) electrons. The van der Waals surface area contributed by atoms with Gasteiger partial charge in [-0.25, -0.2) is 4.98 Å². The van der Waals surface area contributed by atoms with Gasteiger partial charge in [0.25, 0.3) is 0 Å². The van der Waals surface area contributed by atoms with Crippen molar-refractivity contribution < 1.29 is 13.2 Å². The Hall–Kier alpha value is -1.09. The van der Waals surface area contributed by atoms with Crippen molar-refractivity contribution in [3.8, 4) is 6.07 Å².